The highest BCUT2D eigenvalue weighted by atomic mass is 16.7. The molecular weight excluding hydrogens is 803 g/mol. The predicted molar refractivity (Wildman–Crippen MR) is 228 cm³/mol. The molecule has 3 N–H and O–H groups in total. The Morgan fingerprint density at radius 2 is 1.73 bits per heavy atom. The molecule has 3 aromatic carbocycles. The average Bonchev–Trinajstić information content (AvgIpc) is 3.27. The van der Waals surface area contributed by atoms with E-state index in [1.54, 1.807) is 36.4 Å². The maximum Gasteiger partial charge on any atom is 0.415 e. The monoisotopic (exact) mass is 857 g/mol. The van der Waals surface area contributed by atoms with Gasteiger partial charge < -0.3 is 43.8 Å². The van der Waals surface area contributed by atoms with Crippen molar-refractivity contribution in [2.75, 3.05) is 53.3 Å². The number of carbonyl (C=O) groups excluding carboxylic acids is 2. The van der Waals surface area contributed by atoms with E-state index in [-0.39, 0.29) is 81.8 Å². The summed E-state index contributed by atoms with van der Waals surface area (Å²) in [6.07, 6.45) is 7.98. The Balaban J connectivity index is 1.55. The molecule has 2 aliphatic carbocycles. The maximum absolute atomic E-state index is 14.6. The standard InChI is InChI=1S/C46H55N3O13/c1-3-23-59-46-42(48(19-24-58-25-22-52)45(54)61-34-15-13-33(14-16-34)49(55)56)29-40(47-57-2)38-27-32(10-4-6-20-50)37(12-5-7-21-51)43(44(38)46)39-28-36(17-18-41(39)62-46)60-35-11-8-9-31(26-35)30-53/h3,8-9,11,13-18,26-28,30,32,37,42-44,50-52H,1,4-7,10,12,19-25,29H2,2H3/t32-,37+,42-,43+,44+,46+/m0/s1. The summed E-state index contributed by atoms with van der Waals surface area (Å²) in [6.45, 7) is 3.79. The van der Waals surface area contributed by atoms with E-state index in [0.717, 1.165) is 30.3 Å². The van der Waals surface area contributed by atoms with E-state index in [1.807, 2.05) is 12.1 Å². The third-order valence-electron chi connectivity index (χ3n) is 11.7. The summed E-state index contributed by atoms with van der Waals surface area (Å²) in [5, 5.41) is 45.2. The van der Waals surface area contributed by atoms with Crippen LogP contribution in [0.3, 0.4) is 0 Å². The molecule has 3 aromatic rings. The highest BCUT2D eigenvalue weighted by Crippen LogP contribution is 2.62. The molecule has 0 radical (unpaired) electrons. The fourth-order valence-corrected chi connectivity index (χ4v) is 9.11. The number of hydrogen-bond acceptors (Lipinski definition) is 14. The molecule has 0 saturated heterocycles. The number of rotatable bonds is 23. The molecule has 62 heavy (non-hydrogen) atoms. The van der Waals surface area contributed by atoms with Crippen LogP contribution in [0, 0.1) is 27.9 Å². The van der Waals surface area contributed by atoms with Crippen LogP contribution < -0.4 is 14.2 Å². The molecule has 0 aromatic heterocycles. The number of allylic oxidation sites excluding steroid dienone is 1. The minimum absolute atomic E-state index is 0.00316. The zero-order valence-electron chi connectivity index (χ0n) is 34.8. The van der Waals surface area contributed by atoms with Gasteiger partial charge in [-0.1, -0.05) is 42.3 Å². The Kier molecular flexibility index (Phi) is 16.2. The zero-order valence-corrected chi connectivity index (χ0v) is 34.8. The van der Waals surface area contributed by atoms with Crippen LogP contribution in [0.4, 0.5) is 10.5 Å². The summed E-state index contributed by atoms with van der Waals surface area (Å²) < 4.78 is 32.1. The summed E-state index contributed by atoms with van der Waals surface area (Å²) in [4.78, 5) is 44.0. The minimum atomic E-state index is -1.61. The fourth-order valence-electron chi connectivity index (χ4n) is 9.11. The number of ether oxygens (including phenoxy) is 5. The number of hydrogen-bond donors (Lipinski definition) is 3. The van der Waals surface area contributed by atoms with Gasteiger partial charge in [-0.3, -0.25) is 19.8 Å². The smallest absolute Gasteiger partial charge is 0.415 e. The van der Waals surface area contributed by atoms with Crippen LogP contribution in [-0.4, -0.2) is 108 Å². The van der Waals surface area contributed by atoms with E-state index in [4.69, 9.17) is 28.5 Å². The number of benzene rings is 3. The number of nitrogens with zero attached hydrogens (tertiary/aromatic N) is 3. The molecule has 0 spiro atoms. The van der Waals surface area contributed by atoms with Crippen LogP contribution >= 0.6 is 0 Å². The molecular formula is C46H55N3O13. The number of unbranched alkanes of at least 4 members (excludes halogenated alkanes) is 2. The van der Waals surface area contributed by atoms with Crippen LogP contribution in [0.5, 0.6) is 23.0 Å². The summed E-state index contributed by atoms with van der Waals surface area (Å²) in [7, 11) is 1.45. The fraction of sp³-hybridized carbons (Fsp3) is 0.457. The van der Waals surface area contributed by atoms with Crippen LogP contribution in [0.1, 0.15) is 66.8 Å². The van der Waals surface area contributed by atoms with Gasteiger partial charge in [-0.15, -0.1) is 6.58 Å². The Bertz CT molecular complexity index is 2070. The first-order chi connectivity index (χ1) is 30.2. The molecule has 1 saturated carbocycles. The number of nitro benzene ring substituents is 1. The second-order valence-electron chi connectivity index (χ2n) is 15.4. The molecule has 6 atom stereocenters. The molecule has 1 heterocycles. The normalized spacial score (nSPS) is 22.9. The van der Waals surface area contributed by atoms with Gasteiger partial charge in [-0.25, -0.2) is 4.79 Å². The molecule has 16 nitrogen and oxygen atoms in total. The van der Waals surface area contributed by atoms with Gasteiger partial charge in [-0.05, 0) is 85.6 Å². The molecule has 1 fully saturated rings. The predicted octanol–water partition coefficient (Wildman–Crippen LogP) is 6.97. The topological polar surface area (TPSA) is 209 Å². The largest absolute Gasteiger partial charge is 0.459 e. The molecule has 332 valence electrons. The van der Waals surface area contributed by atoms with E-state index < -0.39 is 28.8 Å². The van der Waals surface area contributed by atoms with Gasteiger partial charge >= 0.3 is 6.09 Å². The molecule has 1 aliphatic heterocycles. The number of carbonyl (C=O) groups is 2. The average molecular weight is 858 g/mol. The van der Waals surface area contributed by atoms with Crippen LogP contribution in [0.25, 0.3) is 0 Å². The van der Waals surface area contributed by atoms with Crippen molar-refractivity contribution in [3.8, 4) is 23.0 Å². The first-order valence-corrected chi connectivity index (χ1v) is 21.0. The number of aldehydes is 1. The summed E-state index contributed by atoms with van der Waals surface area (Å²) in [5.74, 6) is -1.13. The van der Waals surface area contributed by atoms with Crippen molar-refractivity contribution in [1.29, 1.82) is 0 Å². The summed E-state index contributed by atoms with van der Waals surface area (Å²) in [6, 6.07) is 16.6. The molecule has 0 bridgehead atoms. The van der Waals surface area contributed by atoms with Crippen molar-refractivity contribution in [1.82, 2.24) is 4.90 Å². The number of aliphatic hydroxyl groups excluding tert-OH is 3. The number of non-ortho nitro benzene ring substituents is 1. The van der Waals surface area contributed by atoms with E-state index in [2.05, 4.69) is 17.8 Å². The molecule has 16 heteroatoms. The maximum atomic E-state index is 14.6. The molecule has 3 aliphatic rings. The Morgan fingerprint density at radius 3 is 2.42 bits per heavy atom. The van der Waals surface area contributed by atoms with Gasteiger partial charge in [0.05, 0.1) is 43.0 Å². The summed E-state index contributed by atoms with van der Waals surface area (Å²) >= 11 is 0. The van der Waals surface area contributed by atoms with Crippen molar-refractivity contribution in [2.24, 2.45) is 22.9 Å². The second kappa shape index (κ2) is 21.9. The molecule has 1 amide bonds. The third kappa shape index (κ3) is 10.3. The number of amides is 1. The van der Waals surface area contributed by atoms with Gasteiger partial charge in [0, 0.05) is 55.4 Å². The Labute approximate surface area is 360 Å². The highest BCUT2D eigenvalue weighted by Gasteiger charge is 2.65. The molecule has 6 rings (SSSR count). The van der Waals surface area contributed by atoms with Crippen molar-refractivity contribution >= 4 is 23.8 Å². The van der Waals surface area contributed by atoms with E-state index in [9.17, 15) is 35.0 Å². The van der Waals surface area contributed by atoms with Gasteiger partial charge in [0.2, 0.25) is 5.79 Å². The lowest BCUT2D eigenvalue weighted by Crippen LogP contribution is -2.70. The van der Waals surface area contributed by atoms with Crippen LogP contribution in [-0.2, 0) is 14.3 Å². The first-order valence-electron chi connectivity index (χ1n) is 21.0. The van der Waals surface area contributed by atoms with Crippen molar-refractivity contribution < 1.29 is 58.4 Å². The third-order valence-corrected chi connectivity index (χ3v) is 11.7. The van der Waals surface area contributed by atoms with Crippen molar-refractivity contribution in [3.05, 3.63) is 112 Å². The van der Waals surface area contributed by atoms with E-state index >= 15 is 0 Å². The summed E-state index contributed by atoms with van der Waals surface area (Å²) in [5.41, 5.74) is 2.49. The Hall–Kier alpha value is -5.65. The second-order valence-corrected chi connectivity index (χ2v) is 15.4. The lowest BCUT2D eigenvalue weighted by Gasteiger charge is -2.59. The quantitative estimate of drug-likeness (QED) is 0.0290. The number of oxime groups is 1. The van der Waals surface area contributed by atoms with Gasteiger partial charge in [0.25, 0.3) is 5.69 Å². The van der Waals surface area contributed by atoms with Crippen molar-refractivity contribution in [2.45, 2.75) is 62.7 Å². The van der Waals surface area contributed by atoms with Crippen molar-refractivity contribution in [3.63, 3.8) is 0 Å². The zero-order chi connectivity index (χ0) is 44.1. The number of aliphatic hydroxyl groups is 3. The minimum Gasteiger partial charge on any atom is -0.459 e. The molecule has 0 unspecified atom stereocenters. The van der Waals surface area contributed by atoms with Gasteiger partial charge in [0.1, 0.15) is 42.4 Å². The van der Waals surface area contributed by atoms with E-state index in [0.29, 0.717) is 54.2 Å². The Morgan fingerprint density at radius 1 is 0.984 bits per heavy atom. The number of fused-ring (bicyclic) bond motifs is 2. The van der Waals surface area contributed by atoms with Crippen LogP contribution in [0.2, 0.25) is 0 Å². The SMILES string of the molecule is C=CCO[C@@]12Oc3ccc(Oc4cccc(C=O)c4)cc3[C@H]3[C@H](CCCCO)[C@@H](CCCCO)C=C(C(=NOC)C[C@@H]1N(CCOCCO)C(=O)Oc1ccc([N+](=O)[O-])cc1)[C@H]32. The number of nitro groups is 1. The lowest BCUT2D eigenvalue weighted by molar-refractivity contribution is -0.384. The van der Waals surface area contributed by atoms with E-state index in [1.165, 1.54) is 36.3 Å². The lowest BCUT2D eigenvalue weighted by atomic mass is 9.55. The highest BCUT2D eigenvalue weighted by molar-refractivity contribution is 6.03. The van der Waals surface area contributed by atoms with Gasteiger partial charge in [0.15, 0.2) is 0 Å². The van der Waals surface area contributed by atoms with Gasteiger partial charge in [-0.2, -0.15) is 0 Å². The van der Waals surface area contributed by atoms with Crippen LogP contribution in [0.15, 0.2) is 96.2 Å². The first kappa shape index (κ1) is 45.9.